The first-order chi connectivity index (χ1) is 15.2. The summed E-state index contributed by atoms with van der Waals surface area (Å²) in [7, 11) is 0. The fourth-order valence-corrected chi connectivity index (χ4v) is 5.96. The number of amides is 3. The number of carbonyl (C=O) groups is 3. The van der Waals surface area contributed by atoms with E-state index in [9.17, 15) is 14.4 Å². The number of hydrogen-bond donors (Lipinski definition) is 2. The molecule has 0 aliphatic carbocycles. The van der Waals surface area contributed by atoms with Crippen LogP contribution in [-0.4, -0.2) is 44.4 Å². The smallest absolute Gasteiger partial charge is 0.256 e. The lowest BCUT2D eigenvalue weighted by Crippen LogP contribution is -2.58. The molecule has 0 radical (unpaired) electrons. The van der Waals surface area contributed by atoms with Crippen LogP contribution in [0.1, 0.15) is 54.6 Å². The lowest BCUT2D eigenvalue weighted by Gasteiger charge is -2.32. The third-order valence-electron chi connectivity index (χ3n) is 6.01. The van der Waals surface area contributed by atoms with Crippen LogP contribution in [0.15, 0.2) is 48.8 Å². The molecule has 0 spiro atoms. The fourth-order valence-electron chi connectivity index (χ4n) is 4.37. The molecular formula is C24H28N4O3S. The SMILES string of the molecule is CC(C)[C@H](NC(=O)[C@H]1N2C(=O)c3ccccc3[C@@H]2SC1(C)C)C(=O)NCc1ccncc1. The molecule has 8 heteroatoms. The molecule has 2 aromatic rings. The van der Waals surface area contributed by atoms with E-state index in [0.717, 1.165) is 11.1 Å². The zero-order chi connectivity index (χ0) is 23.0. The zero-order valence-electron chi connectivity index (χ0n) is 18.7. The second-order valence-corrected chi connectivity index (χ2v) is 10.8. The molecule has 1 saturated heterocycles. The molecule has 2 N–H and O–H groups in total. The van der Waals surface area contributed by atoms with Gasteiger partial charge in [0.1, 0.15) is 17.5 Å². The topological polar surface area (TPSA) is 91.4 Å². The van der Waals surface area contributed by atoms with Gasteiger partial charge in [-0.15, -0.1) is 11.8 Å². The average Bonchev–Trinajstić information content (AvgIpc) is 3.20. The molecule has 7 nitrogen and oxygen atoms in total. The largest absolute Gasteiger partial charge is 0.350 e. The fraction of sp³-hybridized carbons (Fsp3) is 0.417. The zero-order valence-corrected chi connectivity index (χ0v) is 19.5. The van der Waals surface area contributed by atoms with Gasteiger partial charge in [-0.3, -0.25) is 19.4 Å². The van der Waals surface area contributed by atoms with E-state index in [4.69, 9.17) is 0 Å². The predicted octanol–water partition coefficient (Wildman–Crippen LogP) is 2.89. The Bertz CT molecular complexity index is 1040. The average molecular weight is 453 g/mol. The van der Waals surface area contributed by atoms with Crippen LogP contribution < -0.4 is 10.6 Å². The van der Waals surface area contributed by atoms with Crippen molar-refractivity contribution in [3.8, 4) is 0 Å². The van der Waals surface area contributed by atoms with E-state index in [1.54, 1.807) is 29.1 Å². The van der Waals surface area contributed by atoms with Gasteiger partial charge >= 0.3 is 0 Å². The Labute approximate surface area is 192 Å². The lowest BCUT2D eigenvalue weighted by atomic mass is 9.98. The van der Waals surface area contributed by atoms with E-state index in [2.05, 4.69) is 15.6 Å². The molecule has 0 unspecified atom stereocenters. The molecular weight excluding hydrogens is 424 g/mol. The van der Waals surface area contributed by atoms with Gasteiger partial charge in [0, 0.05) is 29.2 Å². The molecule has 2 aliphatic rings. The van der Waals surface area contributed by atoms with Crippen molar-refractivity contribution in [1.82, 2.24) is 20.5 Å². The number of fused-ring (bicyclic) bond motifs is 3. The van der Waals surface area contributed by atoms with Crippen molar-refractivity contribution in [2.24, 2.45) is 5.92 Å². The van der Waals surface area contributed by atoms with Crippen molar-refractivity contribution in [2.75, 3.05) is 0 Å². The highest BCUT2D eigenvalue weighted by atomic mass is 32.2. The van der Waals surface area contributed by atoms with Gasteiger partial charge in [-0.05, 0) is 49.1 Å². The van der Waals surface area contributed by atoms with Crippen LogP contribution in [0.25, 0.3) is 0 Å². The molecule has 2 aliphatic heterocycles. The highest BCUT2D eigenvalue weighted by molar-refractivity contribution is 8.01. The number of hydrogen-bond acceptors (Lipinski definition) is 5. The van der Waals surface area contributed by atoms with Crippen LogP contribution >= 0.6 is 11.8 Å². The Balaban J connectivity index is 1.51. The molecule has 4 rings (SSSR count). The van der Waals surface area contributed by atoms with Crippen LogP contribution in [0.5, 0.6) is 0 Å². The highest BCUT2D eigenvalue weighted by Gasteiger charge is 2.57. The first-order valence-corrected chi connectivity index (χ1v) is 11.6. The van der Waals surface area contributed by atoms with Gasteiger partial charge in [-0.1, -0.05) is 32.0 Å². The molecule has 32 heavy (non-hydrogen) atoms. The van der Waals surface area contributed by atoms with Crippen molar-refractivity contribution in [3.05, 3.63) is 65.5 Å². The maximum absolute atomic E-state index is 13.5. The van der Waals surface area contributed by atoms with Gasteiger partial charge in [0.25, 0.3) is 5.91 Å². The van der Waals surface area contributed by atoms with Gasteiger partial charge in [0.15, 0.2) is 0 Å². The number of aromatic nitrogens is 1. The summed E-state index contributed by atoms with van der Waals surface area (Å²) < 4.78 is -0.493. The Morgan fingerprint density at radius 3 is 2.53 bits per heavy atom. The molecule has 0 saturated carbocycles. The minimum absolute atomic E-state index is 0.115. The van der Waals surface area contributed by atoms with E-state index < -0.39 is 16.8 Å². The molecule has 1 fully saturated rings. The number of pyridine rings is 1. The first-order valence-electron chi connectivity index (χ1n) is 10.8. The van der Waals surface area contributed by atoms with Crippen molar-refractivity contribution < 1.29 is 14.4 Å². The van der Waals surface area contributed by atoms with E-state index in [1.165, 1.54) is 0 Å². The van der Waals surface area contributed by atoms with E-state index in [-0.39, 0.29) is 29.0 Å². The third kappa shape index (κ3) is 3.99. The van der Waals surface area contributed by atoms with Crippen molar-refractivity contribution in [3.63, 3.8) is 0 Å². The van der Waals surface area contributed by atoms with Gasteiger partial charge in [-0.2, -0.15) is 0 Å². The number of benzene rings is 1. The first kappa shape index (κ1) is 22.3. The normalized spacial score (nSPS) is 21.8. The van der Waals surface area contributed by atoms with Gasteiger partial charge in [-0.25, -0.2) is 0 Å². The predicted molar refractivity (Wildman–Crippen MR) is 124 cm³/mol. The Morgan fingerprint density at radius 2 is 1.84 bits per heavy atom. The van der Waals surface area contributed by atoms with E-state index in [1.807, 2.05) is 64.1 Å². The molecule has 3 heterocycles. The standard InChI is InChI=1S/C24H28N4O3S/c1-14(2)18(20(29)26-13-15-9-11-25-12-10-15)27-21(30)19-24(3,4)32-23-17-8-6-5-7-16(17)22(31)28(19)23/h5-12,14,18-19,23H,13H2,1-4H3,(H,26,29)(H,27,30)/t18-,19+,23-/m0/s1. The van der Waals surface area contributed by atoms with E-state index >= 15 is 0 Å². The lowest BCUT2D eigenvalue weighted by molar-refractivity contribution is -0.132. The third-order valence-corrected chi connectivity index (χ3v) is 7.54. The van der Waals surface area contributed by atoms with Crippen molar-refractivity contribution in [1.29, 1.82) is 0 Å². The minimum Gasteiger partial charge on any atom is -0.350 e. The number of carbonyl (C=O) groups excluding carboxylic acids is 3. The second kappa shape index (κ2) is 8.58. The number of nitrogens with one attached hydrogen (secondary N) is 2. The molecule has 168 valence electrons. The Hall–Kier alpha value is -2.87. The number of rotatable bonds is 6. The Kier molecular flexibility index (Phi) is 5.99. The maximum atomic E-state index is 13.5. The summed E-state index contributed by atoms with van der Waals surface area (Å²) in [6, 6.07) is 9.80. The quantitative estimate of drug-likeness (QED) is 0.703. The van der Waals surface area contributed by atoms with Gasteiger partial charge in [0.2, 0.25) is 11.8 Å². The highest BCUT2D eigenvalue weighted by Crippen LogP contribution is 2.56. The maximum Gasteiger partial charge on any atom is 0.256 e. The molecule has 3 atom stereocenters. The summed E-state index contributed by atoms with van der Waals surface area (Å²) in [5, 5.41) is 5.65. The van der Waals surface area contributed by atoms with Crippen LogP contribution in [0.2, 0.25) is 0 Å². The molecule has 0 bridgehead atoms. The van der Waals surface area contributed by atoms with Gasteiger partial charge < -0.3 is 15.5 Å². The molecule has 1 aromatic carbocycles. The van der Waals surface area contributed by atoms with Gasteiger partial charge in [0.05, 0.1) is 0 Å². The molecule has 3 amide bonds. The van der Waals surface area contributed by atoms with E-state index in [0.29, 0.717) is 12.1 Å². The van der Waals surface area contributed by atoms with Crippen LogP contribution in [0.3, 0.4) is 0 Å². The van der Waals surface area contributed by atoms with Crippen LogP contribution in [0, 0.1) is 5.92 Å². The Morgan fingerprint density at radius 1 is 1.16 bits per heavy atom. The second-order valence-electron chi connectivity index (χ2n) is 9.08. The summed E-state index contributed by atoms with van der Waals surface area (Å²) in [6.45, 7) is 8.09. The number of thioether (sulfide) groups is 1. The number of nitrogens with zero attached hydrogens (tertiary/aromatic N) is 2. The van der Waals surface area contributed by atoms with Crippen LogP contribution in [0.4, 0.5) is 0 Å². The van der Waals surface area contributed by atoms with Crippen LogP contribution in [-0.2, 0) is 16.1 Å². The summed E-state index contributed by atoms with van der Waals surface area (Å²) in [5.74, 6) is -0.798. The molecule has 1 aromatic heterocycles. The summed E-state index contributed by atoms with van der Waals surface area (Å²) in [5.41, 5.74) is 2.52. The monoisotopic (exact) mass is 452 g/mol. The summed E-state index contributed by atoms with van der Waals surface area (Å²) >= 11 is 1.61. The van der Waals surface area contributed by atoms with Crippen molar-refractivity contribution >= 4 is 29.5 Å². The summed E-state index contributed by atoms with van der Waals surface area (Å²) in [4.78, 5) is 45.2. The summed E-state index contributed by atoms with van der Waals surface area (Å²) in [6.07, 6.45) is 3.34. The minimum atomic E-state index is -0.704. The van der Waals surface area contributed by atoms with Crippen molar-refractivity contribution in [2.45, 2.75) is 56.4 Å².